The lowest BCUT2D eigenvalue weighted by atomic mass is 9.95. The third-order valence-corrected chi connectivity index (χ3v) is 6.80. The van der Waals surface area contributed by atoms with E-state index in [0.717, 1.165) is 29.8 Å². The van der Waals surface area contributed by atoms with E-state index < -0.39 is 0 Å². The summed E-state index contributed by atoms with van der Waals surface area (Å²) < 4.78 is 0. The summed E-state index contributed by atoms with van der Waals surface area (Å²) in [5.41, 5.74) is 7.03. The van der Waals surface area contributed by atoms with Gasteiger partial charge in [-0.15, -0.1) is 0 Å². The zero-order valence-corrected chi connectivity index (χ0v) is 21.2. The van der Waals surface area contributed by atoms with Crippen molar-refractivity contribution in [2.45, 2.75) is 53.0 Å². The number of anilines is 2. The SMILES string of the molecule is CC[C@@H](C(=O)Nc1cc(C)ccc1N1CCCN(Cc2cc(C)ccc2C)C1=O)c1ccccc1. The highest BCUT2D eigenvalue weighted by Gasteiger charge is 2.29. The van der Waals surface area contributed by atoms with Gasteiger partial charge in [-0.2, -0.15) is 0 Å². The van der Waals surface area contributed by atoms with Crippen LogP contribution in [0, 0.1) is 20.8 Å². The summed E-state index contributed by atoms with van der Waals surface area (Å²) >= 11 is 0. The molecule has 1 aliphatic heterocycles. The van der Waals surface area contributed by atoms with Crippen molar-refractivity contribution in [1.29, 1.82) is 0 Å². The van der Waals surface area contributed by atoms with Crippen LogP contribution in [-0.2, 0) is 11.3 Å². The number of carbonyl (C=O) groups is 2. The van der Waals surface area contributed by atoms with Crippen molar-refractivity contribution >= 4 is 23.3 Å². The first-order valence-corrected chi connectivity index (χ1v) is 12.5. The van der Waals surface area contributed by atoms with Crippen molar-refractivity contribution in [2.24, 2.45) is 0 Å². The van der Waals surface area contributed by atoms with E-state index in [1.54, 1.807) is 0 Å². The topological polar surface area (TPSA) is 52.7 Å². The molecule has 35 heavy (non-hydrogen) atoms. The number of rotatable bonds is 7. The van der Waals surface area contributed by atoms with Gasteiger partial charge in [0.1, 0.15) is 0 Å². The summed E-state index contributed by atoms with van der Waals surface area (Å²) in [6.45, 7) is 10.1. The van der Waals surface area contributed by atoms with Gasteiger partial charge in [0.05, 0.1) is 17.3 Å². The number of nitrogens with one attached hydrogen (secondary N) is 1. The van der Waals surface area contributed by atoms with Crippen LogP contribution in [0.2, 0.25) is 0 Å². The second kappa shape index (κ2) is 10.8. The fourth-order valence-electron chi connectivity index (χ4n) is 4.79. The van der Waals surface area contributed by atoms with Crippen molar-refractivity contribution < 1.29 is 9.59 Å². The first-order chi connectivity index (χ1) is 16.9. The predicted octanol–water partition coefficient (Wildman–Crippen LogP) is 6.58. The minimum atomic E-state index is -0.248. The van der Waals surface area contributed by atoms with Gasteiger partial charge in [-0.25, -0.2) is 4.79 Å². The maximum Gasteiger partial charge on any atom is 0.324 e. The standard InChI is InChI=1S/C30H35N3O2/c1-5-26(24-10-7-6-8-11-24)29(34)31-27-19-22(3)13-15-28(27)33-17-9-16-32(30(33)35)20-25-18-21(2)12-14-23(25)4/h6-8,10-15,18-19,26H,5,9,16-17,20H2,1-4H3,(H,31,34)/t26-/m1/s1. The molecule has 5 heteroatoms. The van der Waals surface area contributed by atoms with Gasteiger partial charge in [0.2, 0.25) is 5.91 Å². The molecule has 0 saturated carbocycles. The monoisotopic (exact) mass is 469 g/mol. The molecule has 1 aliphatic rings. The van der Waals surface area contributed by atoms with E-state index in [-0.39, 0.29) is 17.9 Å². The summed E-state index contributed by atoms with van der Waals surface area (Å²) in [4.78, 5) is 30.6. The molecular weight excluding hydrogens is 434 g/mol. The van der Waals surface area contributed by atoms with E-state index in [0.29, 0.717) is 25.2 Å². The predicted molar refractivity (Wildman–Crippen MR) is 143 cm³/mol. The van der Waals surface area contributed by atoms with Gasteiger partial charge in [0.15, 0.2) is 0 Å². The summed E-state index contributed by atoms with van der Waals surface area (Å²) in [5.74, 6) is -0.301. The van der Waals surface area contributed by atoms with Crippen LogP contribution >= 0.6 is 0 Å². The largest absolute Gasteiger partial charge is 0.324 e. The average Bonchev–Trinajstić information content (AvgIpc) is 2.84. The molecule has 0 aliphatic carbocycles. The van der Waals surface area contributed by atoms with Crippen molar-refractivity contribution in [3.63, 3.8) is 0 Å². The van der Waals surface area contributed by atoms with E-state index >= 15 is 0 Å². The van der Waals surface area contributed by atoms with Crippen LogP contribution < -0.4 is 10.2 Å². The zero-order chi connectivity index (χ0) is 24.9. The molecule has 0 radical (unpaired) electrons. The molecule has 0 spiro atoms. The van der Waals surface area contributed by atoms with E-state index in [1.165, 1.54) is 16.7 Å². The lowest BCUT2D eigenvalue weighted by Gasteiger charge is -2.37. The third-order valence-electron chi connectivity index (χ3n) is 6.80. The molecule has 1 heterocycles. The summed E-state index contributed by atoms with van der Waals surface area (Å²) in [6.07, 6.45) is 1.57. The van der Waals surface area contributed by atoms with Gasteiger partial charge in [0, 0.05) is 19.6 Å². The Morgan fingerprint density at radius 3 is 2.40 bits per heavy atom. The summed E-state index contributed by atoms with van der Waals surface area (Å²) in [7, 11) is 0. The quantitative estimate of drug-likeness (QED) is 0.425. The molecule has 3 amide bonds. The van der Waals surface area contributed by atoms with Crippen LogP contribution in [0.4, 0.5) is 16.2 Å². The first kappa shape index (κ1) is 24.5. The van der Waals surface area contributed by atoms with Crippen LogP contribution in [0.1, 0.15) is 53.5 Å². The molecule has 3 aromatic carbocycles. The second-order valence-corrected chi connectivity index (χ2v) is 9.52. The Balaban J connectivity index is 1.58. The number of nitrogens with zero attached hydrogens (tertiary/aromatic N) is 2. The molecule has 182 valence electrons. The van der Waals surface area contributed by atoms with Crippen molar-refractivity contribution in [3.05, 3.63) is 94.5 Å². The number of benzene rings is 3. The molecule has 0 bridgehead atoms. The number of carbonyl (C=O) groups excluding carboxylic acids is 2. The van der Waals surface area contributed by atoms with Crippen molar-refractivity contribution in [1.82, 2.24) is 4.90 Å². The molecule has 1 N–H and O–H groups in total. The Morgan fingerprint density at radius 2 is 1.66 bits per heavy atom. The zero-order valence-electron chi connectivity index (χ0n) is 21.2. The normalized spacial score (nSPS) is 14.7. The second-order valence-electron chi connectivity index (χ2n) is 9.52. The summed E-state index contributed by atoms with van der Waals surface area (Å²) in [6, 6.07) is 22.1. The lowest BCUT2D eigenvalue weighted by Crippen LogP contribution is -2.49. The minimum Gasteiger partial charge on any atom is -0.324 e. The number of hydrogen-bond acceptors (Lipinski definition) is 2. The molecule has 1 saturated heterocycles. The summed E-state index contributed by atoms with van der Waals surface area (Å²) in [5, 5.41) is 3.15. The molecule has 5 nitrogen and oxygen atoms in total. The lowest BCUT2D eigenvalue weighted by molar-refractivity contribution is -0.117. The van der Waals surface area contributed by atoms with Gasteiger partial charge in [-0.05, 0) is 68.0 Å². The van der Waals surface area contributed by atoms with Crippen LogP contribution in [-0.4, -0.2) is 29.9 Å². The Bertz CT molecular complexity index is 1210. The average molecular weight is 470 g/mol. The van der Waals surface area contributed by atoms with Crippen LogP contribution in [0.25, 0.3) is 0 Å². The van der Waals surface area contributed by atoms with Gasteiger partial charge >= 0.3 is 6.03 Å². The molecule has 1 atom stereocenters. The van der Waals surface area contributed by atoms with Gasteiger partial charge < -0.3 is 10.2 Å². The fraction of sp³-hybridized carbons (Fsp3) is 0.333. The van der Waals surface area contributed by atoms with Crippen LogP contribution in [0.5, 0.6) is 0 Å². The maximum absolute atomic E-state index is 13.6. The van der Waals surface area contributed by atoms with Crippen molar-refractivity contribution in [2.75, 3.05) is 23.3 Å². The highest BCUT2D eigenvalue weighted by atomic mass is 16.2. The Kier molecular flexibility index (Phi) is 7.54. The van der Waals surface area contributed by atoms with Gasteiger partial charge in [-0.3, -0.25) is 9.69 Å². The fourth-order valence-corrected chi connectivity index (χ4v) is 4.79. The molecule has 3 aromatic rings. The number of urea groups is 1. The Hall–Kier alpha value is -3.60. The van der Waals surface area contributed by atoms with E-state index in [9.17, 15) is 9.59 Å². The molecule has 1 fully saturated rings. The van der Waals surface area contributed by atoms with Crippen LogP contribution in [0.15, 0.2) is 66.7 Å². The van der Waals surface area contributed by atoms with Crippen molar-refractivity contribution in [3.8, 4) is 0 Å². The van der Waals surface area contributed by atoms with E-state index in [1.807, 2.05) is 72.2 Å². The van der Waals surface area contributed by atoms with E-state index in [4.69, 9.17) is 0 Å². The molecular formula is C30H35N3O2. The van der Waals surface area contributed by atoms with Gasteiger partial charge in [-0.1, -0.05) is 67.1 Å². The smallest absolute Gasteiger partial charge is 0.324 e. The first-order valence-electron chi connectivity index (χ1n) is 12.5. The number of hydrogen-bond donors (Lipinski definition) is 1. The van der Waals surface area contributed by atoms with E-state index in [2.05, 4.69) is 37.4 Å². The van der Waals surface area contributed by atoms with Gasteiger partial charge in [0.25, 0.3) is 0 Å². The molecule has 0 unspecified atom stereocenters. The third kappa shape index (κ3) is 5.56. The maximum atomic E-state index is 13.6. The molecule has 0 aromatic heterocycles. The number of amides is 3. The minimum absolute atomic E-state index is 0.0217. The van der Waals surface area contributed by atoms with Crippen LogP contribution in [0.3, 0.4) is 0 Å². The Morgan fingerprint density at radius 1 is 0.943 bits per heavy atom. The Labute approximate surface area is 208 Å². The highest BCUT2D eigenvalue weighted by molar-refractivity contribution is 6.02. The number of aryl methyl sites for hydroxylation is 3. The highest BCUT2D eigenvalue weighted by Crippen LogP contribution is 2.32. The molecule has 4 rings (SSSR count).